The molecule has 4 nitrogen and oxygen atoms in total. The molecule has 1 aliphatic heterocycles. The summed E-state index contributed by atoms with van der Waals surface area (Å²) in [4.78, 5) is 12.6. The summed E-state index contributed by atoms with van der Waals surface area (Å²) in [7, 11) is 0. The van der Waals surface area contributed by atoms with Crippen LogP contribution in [-0.4, -0.2) is 36.9 Å². The van der Waals surface area contributed by atoms with E-state index in [0.717, 1.165) is 19.5 Å². The van der Waals surface area contributed by atoms with Crippen LogP contribution < -0.4 is 4.90 Å². The van der Waals surface area contributed by atoms with Crippen LogP contribution in [0, 0.1) is 6.92 Å². The third kappa shape index (κ3) is 3.20. The first-order chi connectivity index (χ1) is 8.15. The van der Waals surface area contributed by atoms with E-state index in [1.165, 1.54) is 11.3 Å². The highest BCUT2D eigenvalue weighted by Gasteiger charge is 2.23. The maximum absolute atomic E-state index is 10.4. The molecule has 0 bridgehead atoms. The Kier molecular flexibility index (Phi) is 3.64. The van der Waals surface area contributed by atoms with Crippen molar-refractivity contribution >= 4 is 11.7 Å². The first-order valence-corrected chi connectivity index (χ1v) is 5.80. The van der Waals surface area contributed by atoms with Crippen LogP contribution in [0.1, 0.15) is 12.0 Å². The molecule has 2 rings (SSSR count). The standard InChI is InChI=1S/C13H17NO3/c1-10-2-4-11(5-3-10)14-7-6-12(8-14)17-9-13(15)16/h2-5,12H,6-9H2,1H3,(H,15,16). The van der Waals surface area contributed by atoms with Crippen molar-refractivity contribution in [1.82, 2.24) is 0 Å². The van der Waals surface area contributed by atoms with E-state index in [2.05, 4.69) is 36.1 Å². The second-order valence-corrected chi connectivity index (χ2v) is 4.40. The fourth-order valence-electron chi connectivity index (χ4n) is 2.04. The SMILES string of the molecule is Cc1ccc(N2CCC(OCC(=O)O)C2)cc1. The third-order valence-electron chi connectivity index (χ3n) is 2.99. The number of aryl methyl sites for hydroxylation is 1. The molecule has 0 radical (unpaired) electrons. The van der Waals surface area contributed by atoms with Gasteiger partial charge in [-0.05, 0) is 25.5 Å². The summed E-state index contributed by atoms with van der Waals surface area (Å²) in [5.74, 6) is -0.904. The van der Waals surface area contributed by atoms with Crippen molar-refractivity contribution in [2.24, 2.45) is 0 Å². The molecule has 1 fully saturated rings. The van der Waals surface area contributed by atoms with Gasteiger partial charge in [-0.1, -0.05) is 17.7 Å². The lowest BCUT2D eigenvalue weighted by Gasteiger charge is -2.18. The molecule has 1 unspecified atom stereocenters. The molecular weight excluding hydrogens is 218 g/mol. The van der Waals surface area contributed by atoms with Gasteiger partial charge in [0.15, 0.2) is 0 Å². The average Bonchev–Trinajstić information content (AvgIpc) is 2.76. The Morgan fingerprint density at radius 3 is 2.82 bits per heavy atom. The van der Waals surface area contributed by atoms with Gasteiger partial charge in [-0.25, -0.2) is 4.79 Å². The number of ether oxygens (including phenoxy) is 1. The molecule has 0 amide bonds. The Hall–Kier alpha value is -1.55. The lowest BCUT2D eigenvalue weighted by atomic mass is 10.2. The molecule has 17 heavy (non-hydrogen) atoms. The second kappa shape index (κ2) is 5.19. The number of aliphatic carboxylic acids is 1. The number of hydrogen-bond acceptors (Lipinski definition) is 3. The maximum atomic E-state index is 10.4. The largest absolute Gasteiger partial charge is 0.480 e. The summed E-state index contributed by atoms with van der Waals surface area (Å²) in [5.41, 5.74) is 2.42. The predicted octanol–water partition coefficient (Wildman–Crippen LogP) is 1.67. The zero-order valence-electron chi connectivity index (χ0n) is 9.93. The van der Waals surface area contributed by atoms with Crippen LogP contribution in [0.3, 0.4) is 0 Å². The van der Waals surface area contributed by atoms with Gasteiger partial charge in [-0.2, -0.15) is 0 Å². The van der Waals surface area contributed by atoms with Gasteiger partial charge in [-0.15, -0.1) is 0 Å². The van der Waals surface area contributed by atoms with Crippen LogP contribution >= 0.6 is 0 Å². The van der Waals surface area contributed by atoms with Crippen molar-refractivity contribution in [3.8, 4) is 0 Å². The number of hydrogen-bond donors (Lipinski definition) is 1. The number of anilines is 1. The van der Waals surface area contributed by atoms with E-state index < -0.39 is 5.97 Å². The average molecular weight is 235 g/mol. The van der Waals surface area contributed by atoms with Crippen molar-refractivity contribution in [2.75, 3.05) is 24.6 Å². The Bertz CT molecular complexity index is 388. The van der Waals surface area contributed by atoms with Crippen molar-refractivity contribution in [2.45, 2.75) is 19.4 Å². The van der Waals surface area contributed by atoms with E-state index in [9.17, 15) is 4.79 Å². The Morgan fingerprint density at radius 1 is 1.47 bits per heavy atom. The Labute approximate surface area is 101 Å². The molecule has 0 aromatic heterocycles. The molecule has 4 heteroatoms. The number of rotatable bonds is 4. The highest BCUT2D eigenvalue weighted by atomic mass is 16.5. The van der Waals surface area contributed by atoms with Crippen LogP contribution in [0.2, 0.25) is 0 Å². The molecule has 92 valence electrons. The molecule has 1 N–H and O–H groups in total. The number of benzene rings is 1. The normalized spacial score (nSPS) is 19.6. The van der Waals surface area contributed by atoms with Crippen LogP contribution in [0.25, 0.3) is 0 Å². The third-order valence-corrected chi connectivity index (χ3v) is 2.99. The van der Waals surface area contributed by atoms with Crippen LogP contribution in [0.15, 0.2) is 24.3 Å². The molecule has 1 aromatic rings. The number of carboxylic acid groups (broad SMARTS) is 1. The molecule has 0 aliphatic carbocycles. The fourth-order valence-corrected chi connectivity index (χ4v) is 2.04. The van der Waals surface area contributed by atoms with Crippen molar-refractivity contribution in [3.05, 3.63) is 29.8 Å². The first kappa shape index (κ1) is 11.9. The monoisotopic (exact) mass is 235 g/mol. The summed E-state index contributed by atoms with van der Waals surface area (Å²) in [5, 5.41) is 8.55. The summed E-state index contributed by atoms with van der Waals surface area (Å²) < 4.78 is 5.30. The zero-order valence-corrected chi connectivity index (χ0v) is 9.93. The van der Waals surface area contributed by atoms with E-state index in [-0.39, 0.29) is 12.7 Å². The smallest absolute Gasteiger partial charge is 0.329 e. The minimum atomic E-state index is -0.904. The fraction of sp³-hybridized carbons (Fsp3) is 0.462. The van der Waals surface area contributed by atoms with Crippen molar-refractivity contribution in [1.29, 1.82) is 0 Å². The Balaban J connectivity index is 1.89. The topological polar surface area (TPSA) is 49.8 Å². The molecule has 1 saturated heterocycles. The molecule has 1 atom stereocenters. The van der Waals surface area contributed by atoms with Gasteiger partial charge in [0.2, 0.25) is 0 Å². The van der Waals surface area contributed by atoms with Gasteiger partial charge in [-0.3, -0.25) is 0 Å². The van der Waals surface area contributed by atoms with Crippen LogP contribution in [0.4, 0.5) is 5.69 Å². The van der Waals surface area contributed by atoms with E-state index in [1.807, 2.05) is 0 Å². The number of carboxylic acids is 1. The van der Waals surface area contributed by atoms with Gasteiger partial charge in [0.25, 0.3) is 0 Å². The van der Waals surface area contributed by atoms with Crippen molar-refractivity contribution < 1.29 is 14.6 Å². The zero-order chi connectivity index (χ0) is 12.3. The predicted molar refractivity (Wildman–Crippen MR) is 65.4 cm³/mol. The highest BCUT2D eigenvalue weighted by molar-refractivity contribution is 5.68. The van der Waals surface area contributed by atoms with Gasteiger partial charge < -0.3 is 14.7 Å². The summed E-state index contributed by atoms with van der Waals surface area (Å²) in [6.45, 7) is 3.56. The summed E-state index contributed by atoms with van der Waals surface area (Å²) >= 11 is 0. The van der Waals surface area contributed by atoms with Gasteiger partial charge in [0, 0.05) is 18.8 Å². The molecule has 0 spiro atoms. The molecule has 1 aromatic carbocycles. The number of nitrogens with zero attached hydrogens (tertiary/aromatic N) is 1. The van der Waals surface area contributed by atoms with E-state index in [4.69, 9.17) is 9.84 Å². The first-order valence-electron chi connectivity index (χ1n) is 5.80. The quantitative estimate of drug-likeness (QED) is 0.862. The number of carbonyl (C=O) groups is 1. The van der Waals surface area contributed by atoms with E-state index >= 15 is 0 Å². The highest BCUT2D eigenvalue weighted by Crippen LogP contribution is 2.22. The summed E-state index contributed by atoms with van der Waals surface area (Å²) in [6.07, 6.45) is 0.925. The van der Waals surface area contributed by atoms with Gasteiger partial charge >= 0.3 is 5.97 Å². The van der Waals surface area contributed by atoms with Crippen LogP contribution in [-0.2, 0) is 9.53 Å². The van der Waals surface area contributed by atoms with Crippen LogP contribution in [0.5, 0.6) is 0 Å². The molecular formula is C13H17NO3. The lowest BCUT2D eigenvalue weighted by Crippen LogP contribution is -2.24. The minimum absolute atomic E-state index is 0.0346. The minimum Gasteiger partial charge on any atom is -0.480 e. The molecule has 1 heterocycles. The van der Waals surface area contributed by atoms with Crippen molar-refractivity contribution in [3.63, 3.8) is 0 Å². The molecule has 0 saturated carbocycles. The molecule has 1 aliphatic rings. The van der Waals surface area contributed by atoms with Gasteiger partial charge in [0.05, 0.1) is 6.10 Å². The Morgan fingerprint density at radius 2 is 2.18 bits per heavy atom. The maximum Gasteiger partial charge on any atom is 0.329 e. The van der Waals surface area contributed by atoms with E-state index in [0.29, 0.717) is 0 Å². The second-order valence-electron chi connectivity index (χ2n) is 4.40. The van der Waals surface area contributed by atoms with Gasteiger partial charge in [0.1, 0.15) is 6.61 Å². The lowest BCUT2D eigenvalue weighted by molar-refractivity contribution is -0.143. The summed E-state index contributed by atoms with van der Waals surface area (Å²) in [6, 6.07) is 8.35. The van der Waals surface area contributed by atoms with E-state index in [1.54, 1.807) is 0 Å².